The fraction of sp³-hybridized carbons (Fsp3) is 0. The number of hydrogen-bond acceptors (Lipinski definition) is 3. The van der Waals surface area contributed by atoms with E-state index < -0.39 is 16.5 Å². The van der Waals surface area contributed by atoms with Crippen LogP contribution in [0.3, 0.4) is 0 Å². The molecule has 0 N–H and O–H groups in total. The van der Waals surface area contributed by atoms with E-state index in [1.807, 2.05) is 121 Å². The second-order valence-electron chi connectivity index (χ2n) is 7.62. The standard InChI is InChI=1S/C30H24O3P2/c1-5-14-25(15-6-1)32-35(33-26-16-7-2-8-17-26)30-23-13-18-27(24-30)31-34(28-19-9-3-10-20-28)29-21-11-4-12-22-29/h1-24H. The molecule has 0 aliphatic rings. The molecule has 0 amide bonds. The Kier molecular flexibility index (Phi) is 7.71. The van der Waals surface area contributed by atoms with Crippen molar-refractivity contribution < 1.29 is 13.6 Å². The van der Waals surface area contributed by atoms with Crippen molar-refractivity contribution in [3.63, 3.8) is 0 Å². The Bertz CT molecular complexity index is 1240. The molecular weight excluding hydrogens is 470 g/mol. The third-order valence-electron chi connectivity index (χ3n) is 5.07. The summed E-state index contributed by atoms with van der Waals surface area (Å²) in [6.45, 7) is 0. The summed E-state index contributed by atoms with van der Waals surface area (Å²) >= 11 is 0. The summed E-state index contributed by atoms with van der Waals surface area (Å²) in [6, 6.07) is 48.3. The molecule has 0 aliphatic heterocycles. The van der Waals surface area contributed by atoms with Crippen molar-refractivity contribution in [2.24, 2.45) is 0 Å². The summed E-state index contributed by atoms with van der Waals surface area (Å²) in [5.74, 6) is 2.30. The second-order valence-corrected chi connectivity index (χ2v) is 10.8. The molecular formula is C30H24O3P2. The van der Waals surface area contributed by atoms with Gasteiger partial charge in [-0.3, -0.25) is 0 Å². The van der Waals surface area contributed by atoms with Crippen molar-refractivity contribution >= 4 is 32.4 Å². The Morgan fingerprint density at radius 2 is 0.743 bits per heavy atom. The van der Waals surface area contributed by atoms with Crippen molar-refractivity contribution in [1.82, 2.24) is 0 Å². The van der Waals surface area contributed by atoms with E-state index in [2.05, 4.69) is 24.3 Å². The minimum atomic E-state index is -1.43. The summed E-state index contributed by atoms with van der Waals surface area (Å²) < 4.78 is 19.3. The topological polar surface area (TPSA) is 27.7 Å². The van der Waals surface area contributed by atoms with Gasteiger partial charge in [-0.15, -0.1) is 0 Å². The number of rotatable bonds is 9. The maximum atomic E-state index is 6.64. The van der Waals surface area contributed by atoms with E-state index in [0.29, 0.717) is 0 Å². The lowest BCUT2D eigenvalue weighted by Gasteiger charge is -2.22. The maximum Gasteiger partial charge on any atom is 0.326 e. The molecule has 3 nitrogen and oxygen atoms in total. The highest BCUT2D eigenvalue weighted by Crippen LogP contribution is 2.42. The Morgan fingerprint density at radius 3 is 1.23 bits per heavy atom. The normalized spacial score (nSPS) is 10.8. The molecule has 5 aromatic rings. The zero-order chi connectivity index (χ0) is 23.7. The van der Waals surface area contributed by atoms with Gasteiger partial charge in [-0.1, -0.05) is 103 Å². The molecule has 5 heteroatoms. The summed E-state index contributed by atoms with van der Waals surface area (Å²) in [5.41, 5.74) is 0. The van der Waals surface area contributed by atoms with Crippen LogP contribution in [0.1, 0.15) is 0 Å². The van der Waals surface area contributed by atoms with Gasteiger partial charge in [0.15, 0.2) is 8.15 Å². The first-order chi connectivity index (χ1) is 17.3. The first-order valence-electron chi connectivity index (χ1n) is 11.3. The number of benzene rings is 5. The van der Waals surface area contributed by atoms with Gasteiger partial charge in [0.25, 0.3) is 0 Å². The second kappa shape index (κ2) is 11.7. The van der Waals surface area contributed by atoms with Crippen LogP contribution in [-0.4, -0.2) is 0 Å². The molecule has 5 rings (SSSR count). The van der Waals surface area contributed by atoms with E-state index in [0.717, 1.165) is 33.2 Å². The fourth-order valence-corrected chi connectivity index (χ4v) is 6.45. The lowest BCUT2D eigenvalue weighted by Crippen LogP contribution is -2.16. The van der Waals surface area contributed by atoms with E-state index in [4.69, 9.17) is 13.6 Å². The van der Waals surface area contributed by atoms with Crippen LogP contribution in [-0.2, 0) is 0 Å². The van der Waals surface area contributed by atoms with Gasteiger partial charge in [0, 0.05) is 10.6 Å². The fourth-order valence-electron chi connectivity index (χ4n) is 3.42. The van der Waals surface area contributed by atoms with Gasteiger partial charge < -0.3 is 13.6 Å². The van der Waals surface area contributed by atoms with Gasteiger partial charge in [-0.2, -0.15) is 0 Å². The summed E-state index contributed by atoms with van der Waals surface area (Å²) in [5, 5.41) is 3.24. The van der Waals surface area contributed by atoms with Crippen LogP contribution in [0.5, 0.6) is 17.2 Å². The highest BCUT2D eigenvalue weighted by atomic mass is 31.2. The molecule has 0 unspecified atom stereocenters. The van der Waals surface area contributed by atoms with Crippen LogP contribution < -0.4 is 29.5 Å². The van der Waals surface area contributed by atoms with Crippen molar-refractivity contribution in [3.05, 3.63) is 146 Å². The SMILES string of the molecule is c1ccc(OP(Oc2ccccc2)c2cccc(OP(c3ccccc3)c3ccccc3)c2)cc1. The third kappa shape index (κ3) is 6.28. The molecule has 0 atom stereocenters. The van der Waals surface area contributed by atoms with Crippen molar-refractivity contribution in [1.29, 1.82) is 0 Å². The van der Waals surface area contributed by atoms with Crippen LogP contribution in [0.4, 0.5) is 0 Å². The zero-order valence-electron chi connectivity index (χ0n) is 19.0. The molecule has 5 aromatic carbocycles. The minimum absolute atomic E-state index is 0.761. The Balaban J connectivity index is 1.45. The molecule has 35 heavy (non-hydrogen) atoms. The average Bonchev–Trinajstić information content (AvgIpc) is 2.94. The maximum absolute atomic E-state index is 6.64. The van der Waals surface area contributed by atoms with Gasteiger partial charge in [0.05, 0.1) is 5.30 Å². The smallest absolute Gasteiger partial charge is 0.326 e. The van der Waals surface area contributed by atoms with Crippen LogP contribution in [0.15, 0.2) is 146 Å². The predicted molar refractivity (Wildman–Crippen MR) is 147 cm³/mol. The number of hydrogen-bond donors (Lipinski definition) is 0. The van der Waals surface area contributed by atoms with Crippen LogP contribution in [0, 0.1) is 0 Å². The minimum Gasteiger partial charge on any atom is -0.464 e. The third-order valence-corrected chi connectivity index (χ3v) is 8.45. The van der Waals surface area contributed by atoms with Gasteiger partial charge in [-0.25, -0.2) is 0 Å². The van der Waals surface area contributed by atoms with Gasteiger partial charge >= 0.3 is 8.38 Å². The largest absolute Gasteiger partial charge is 0.464 e. The van der Waals surface area contributed by atoms with Gasteiger partial charge in [-0.05, 0) is 42.5 Å². The average molecular weight is 494 g/mol. The van der Waals surface area contributed by atoms with Crippen molar-refractivity contribution in [2.75, 3.05) is 0 Å². The Morgan fingerprint density at radius 1 is 0.343 bits per heavy atom. The van der Waals surface area contributed by atoms with Crippen LogP contribution >= 0.6 is 16.5 Å². The first-order valence-corrected chi connectivity index (χ1v) is 13.7. The van der Waals surface area contributed by atoms with Gasteiger partial charge in [0.2, 0.25) is 0 Å². The molecule has 0 aromatic heterocycles. The van der Waals surface area contributed by atoms with Crippen LogP contribution in [0.25, 0.3) is 0 Å². The lowest BCUT2D eigenvalue weighted by molar-refractivity contribution is 0.501. The number of para-hydroxylation sites is 2. The summed E-state index contributed by atoms with van der Waals surface area (Å²) in [4.78, 5) is 0. The van der Waals surface area contributed by atoms with Gasteiger partial charge in [0.1, 0.15) is 17.2 Å². The molecule has 0 heterocycles. The van der Waals surface area contributed by atoms with E-state index >= 15 is 0 Å². The molecule has 0 spiro atoms. The highest BCUT2D eigenvalue weighted by Gasteiger charge is 2.21. The Labute approximate surface area is 208 Å². The van der Waals surface area contributed by atoms with E-state index in [1.165, 1.54) is 0 Å². The monoisotopic (exact) mass is 494 g/mol. The predicted octanol–water partition coefficient (Wildman–Crippen LogP) is 7.21. The van der Waals surface area contributed by atoms with Crippen molar-refractivity contribution in [3.8, 4) is 17.2 Å². The lowest BCUT2D eigenvalue weighted by atomic mass is 10.3. The quantitative estimate of drug-likeness (QED) is 0.203. The van der Waals surface area contributed by atoms with E-state index in [-0.39, 0.29) is 0 Å². The molecule has 0 aliphatic carbocycles. The van der Waals surface area contributed by atoms with Crippen molar-refractivity contribution in [2.45, 2.75) is 0 Å². The molecule has 0 fully saturated rings. The first kappa shape index (κ1) is 23.1. The summed E-state index contributed by atoms with van der Waals surface area (Å²) in [7, 11) is -2.46. The molecule has 0 bridgehead atoms. The highest BCUT2D eigenvalue weighted by molar-refractivity contribution is 7.68. The molecule has 0 saturated heterocycles. The Hall–Kier alpha value is -3.64. The molecule has 0 saturated carbocycles. The van der Waals surface area contributed by atoms with E-state index in [9.17, 15) is 0 Å². The molecule has 172 valence electrons. The molecule has 0 radical (unpaired) electrons. The van der Waals surface area contributed by atoms with E-state index in [1.54, 1.807) is 0 Å². The zero-order valence-corrected chi connectivity index (χ0v) is 20.8. The summed E-state index contributed by atoms with van der Waals surface area (Å²) in [6.07, 6.45) is 0. The van der Waals surface area contributed by atoms with Crippen LogP contribution in [0.2, 0.25) is 0 Å².